The van der Waals surface area contributed by atoms with Crippen molar-refractivity contribution in [3.8, 4) is 0 Å². The van der Waals surface area contributed by atoms with Crippen LogP contribution in [0.5, 0.6) is 0 Å². The molecule has 0 bridgehead atoms. The minimum Gasteiger partial charge on any atom is -0.389 e. The van der Waals surface area contributed by atoms with Gasteiger partial charge in [-0.15, -0.1) is 0 Å². The first-order chi connectivity index (χ1) is 18.7. The minimum absolute atomic E-state index is 0.00263. The fraction of sp³-hybridized carbons (Fsp3) is 0.444. The van der Waals surface area contributed by atoms with E-state index in [-0.39, 0.29) is 43.3 Å². The van der Waals surface area contributed by atoms with Crippen LogP contribution in [0.25, 0.3) is 11.0 Å². The lowest BCUT2D eigenvalue weighted by atomic mass is 10.0. The van der Waals surface area contributed by atoms with Crippen LogP contribution in [0, 0.1) is 0 Å². The highest BCUT2D eigenvalue weighted by molar-refractivity contribution is 6.30. The second kappa shape index (κ2) is 11.3. The number of benzene rings is 1. The van der Waals surface area contributed by atoms with Crippen LogP contribution in [0.1, 0.15) is 47.7 Å². The van der Waals surface area contributed by atoms with Crippen LogP contribution in [-0.2, 0) is 11.3 Å². The summed E-state index contributed by atoms with van der Waals surface area (Å²) in [5.41, 5.74) is 1.38. The van der Waals surface area contributed by atoms with E-state index in [0.717, 1.165) is 25.9 Å². The van der Waals surface area contributed by atoms with Crippen molar-refractivity contribution in [1.82, 2.24) is 29.7 Å². The van der Waals surface area contributed by atoms with Crippen LogP contribution in [0.15, 0.2) is 36.5 Å². The quantitative estimate of drug-likeness (QED) is 0.408. The summed E-state index contributed by atoms with van der Waals surface area (Å²) in [6, 6.07) is 8.63. The van der Waals surface area contributed by atoms with E-state index in [1.54, 1.807) is 39.8 Å². The van der Waals surface area contributed by atoms with Crippen molar-refractivity contribution in [2.75, 3.05) is 31.5 Å². The number of amides is 3. The molecule has 11 nitrogen and oxygen atoms in total. The lowest BCUT2D eigenvalue weighted by molar-refractivity contribution is -0.116. The fourth-order valence-corrected chi connectivity index (χ4v) is 5.10. The molecule has 3 amide bonds. The molecular weight excluding hydrogens is 522 g/mol. The number of halogens is 1. The van der Waals surface area contributed by atoms with Crippen LogP contribution in [0.3, 0.4) is 0 Å². The molecule has 0 saturated carbocycles. The number of rotatable bonds is 7. The van der Waals surface area contributed by atoms with E-state index in [0.29, 0.717) is 33.5 Å². The third kappa shape index (κ3) is 6.05. The summed E-state index contributed by atoms with van der Waals surface area (Å²) in [7, 11) is 0. The largest absolute Gasteiger partial charge is 0.389 e. The Labute approximate surface area is 231 Å². The first-order valence-electron chi connectivity index (χ1n) is 13.1. The van der Waals surface area contributed by atoms with Crippen LogP contribution >= 0.6 is 11.6 Å². The van der Waals surface area contributed by atoms with E-state index in [2.05, 4.69) is 39.3 Å². The number of hydrogen-bond acceptors (Lipinski definition) is 7. The van der Waals surface area contributed by atoms with Gasteiger partial charge in [0.1, 0.15) is 12.4 Å². The average Bonchev–Trinajstić information content (AvgIpc) is 3.25. The van der Waals surface area contributed by atoms with Crippen molar-refractivity contribution in [3.05, 3.63) is 52.9 Å². The molecule has 2 aromatic heterocycles. The normalized spacial score (nSPS) is 16.9. The van der Waals surface area contributed by atoms with Gasteiger partial charge < -0.3 is 30.1 Å². The predicted molar refractivity (Wildman–Crippen MR) is 147 cm³/mol. The van der Waals surface area contributed by atoms with Gasteiger partial charge in [-0.2, -0.15) is 0 Å². The lowest BCUT2D eigenvalue weighted by Crippen LogP contribution is -2.53. The molecule has 2 fully saturated rings. The third-order valence-corrected chi connectivity index (χ3v) is 7.46. The Balaban J connectivity index is 1.39. The average molecular weight is 554 g/mol. The number of pyridine rings is 1. The fourth-order valence-electron chi connectivity index (χ4n) is 4.99. The number of carbonyl (C=O) groups excluding carboxylic acids is 3. The zero-order chi connectivity index (χ0) is 27.7. The maximum Gasteiger partial charge on any atom is 0.287 e. The molecule has 0 atom stereocenters. The summed E-state index contributed by atoms with van der Waals surface area (Å²) in [4.78, 5) is 51.8. The SMILES string of the molecule is CC(C)N1CCC(NC(=O)c2nc3cc(C(=O)N4CC(O)C4)ccc3n2CC(=O)Nc2ccc(Cl)cn2)CC1. The third-order valence-electron chi connectivity index (χ3n) is 7.24. The Hall–Kier alpha value is -3.54. The standard InChI is InChI=1S/C27H32ClN7O4/c1-16(2)33-9-7-19(8-10-33)30-26(38)25-31-21-11-17(27(39)34-13-20(36)14-34)3-5-22(21)35(25)15-24(37)32-23-6-4-18(28)12-29-23/h3-6,11-12,16,19-20,36H,7-10,13-15H2,1-2H3,(H,30,38)(H,29,32,37). The molecule has 0 radical (unpaired) electrons. The van der Waals surface area contributed by atoms with Gasteiger partial charge in [-0.25, -0.2) is 9.97 Å². The van der Waals surface area contributed by atoms with E-state index in [9.17, 15) is 19.5 Å². The van der Waals surface area contributed by atoms with Gasteiger partial charge in [0.05, 0.1) is 22.2 Å². The molecular formula is C27H32ClN7O4. The molecule has 12 heteroatoms. The maximum absolute atomic E-state index is 13.4. The van der Waals surface area contributed by atoms with Crippen molar-refractivity contribution in [2.45, 2.75) is 51.4 Å². The summed E-state index contributed by atoms with van der Waals surface area (Å²) < 4.78 is 1.56. The minimum atomic E-state index is -0.506. The van der Waals surface area contributed by atoms with Crippen LogP contribution in [-0.4, -0.2) is 91.5 Å². The summed E-state index contributed by atoms with van der Waals surface area (Å²) >= 11 is 5.89. The number of imidazole rings is 1. The van der Waals surface area contributed by atoms with Gasteiger partial charge in [0.25, 0.3) is 11.8 Å². The summed E-state index contributed by atoms with van der Waals surface area (Å²) in [5.74, 6) is -0.546. The Kier molecular flexibility index (Phi) is 7.83. The van der Waals surface area contributed by atoms with E-state index >= 15 is 0 Å². The highest BCUT2D eigenvalue weighted by atomic mass is 35.5. The molecule has 0 unspecified atom stereocenters. The zero-order valence-corrected chi connectivity index (χ0v) is 22.7. The number of carbonyl (C=O) groups is 3. The number of fused-ring (bicyclic) bond motifs is 1. The number of anilines is 1. The second-order valence-electron chi connectivity index (χ2n) is 10.4. The first-order valence-corrected chi connectivity index (χ1v) is 13.5. The van der Waals surface area contributed by atoms with E-state index in [1.165, 1.54) is 6.20 Å². The van der Waals surface area contributed by atoms with Crippen molar-refractivity contribution >= 4 is 46.2 Å². The van der Waals surface area contributed by atoms with Crippen molar-refractivity contribution in [3.63, 3.8) is 0 Å². The monoisotopic (exact) mass is 553 g/mol. The molecule has 3 N–H and O–H groups in total. The molecule has 1 aromatic carbocycles. The van der Waals surface area contributed by atoms with Gasteiger partial charge in [0.2, 0.25) is 11.7 Å². The highest BCUT2D eigenvalue weighted by Gasteiger charge is 2.30. The number of nitrogens with one attached hydrogen (secondary N) is 2. The van der Waals surface area contributed by atoms with Gasteiger partial charge >= 0.3 is 0 Å². The number of nitrogens with zero attached hydrogens (tertiary/aromatic N) is 5. The van der Waals surface area contributed by atoms with Gasteiger partial charge in [-0.1, -0.05) is 11.6 Å². The molecule has 39 heavy (non-hydrogen) atoms. The Morgan fingerprint density at radius 3 is 2.51 bits per heavy atom. The highest BCUT2D eigenvalue weighted by Crippen LogP contribution is 2.22. The zero-order valence-electron chi connectivity index (χ0n) is 21.9. The van der Waals surface area contributed by atoms with E-state index < -0.39 is 12.0 Å². The van der Waals surface area contributed by atoms with E-state index in [4.69, 9.17) is 11.6 Å². The number of aliphatic hydroxyl groups excluding tert-OH is 1. The first kappa shape index (κ1) is 27.0. The molecule has 2 aliphatic rings. The molecule has 0 aliphatic carbocycles. The predicted octanol–water partition coefficient (Wildman–Crippen LogP) is 2.14. The lowest BCUT2D eigenvalue weighted by Gasteiger charge is -2.35. The molecule has 2 saturated heterocycles. The van der Waals surface area contributed by atoms with Gasteiger partial charge in [0.15, 0.2) is 0 Å². The maximum atomic E-state index is 13.4. The van der Waals surface area contributed by atoms with Gasteiger partial charge in [-0.05, 0) is 57.0 Å². The molecule has 3 aromatic rings. The smallest absolute Gasteiger partial charge is 0.287 e. The number of likely N-dealkylation sites (tertiary alicyclic amines) is 2. The van der Waals surface area contributed by atoms with Crippen LogP contribution < -0.4 is 10.6 Å². The molecule has 2 aliphatic heterocycles. The van der Waals surface area contributed by atoms with Crippen molar-refractivity contribution < 1.29 is 19.5 Å². The number of hydrogen-bond donors (Lipinski definition) is 3. The Morgan fingerprint density at radius 1 is 1.13 bits per heavy atom. The number of piperidine rings is 1. The molecule has 4 heterocycles. The van der Waals surface area contributed by atoms with Gasteiger partial charge in [0, 0.05) is 50.0 Å². The Morgan fingerprint density at radius 2 is 1.87 bits per heavy atom. The molecule has 5 rings (SSSR count). The number of aliphatic hydroxyl groups is 1. The molecule has 0 spiro atoms. The number of aromatic nitrogens is 3. The summed E-state index contributed by atoms with van der Waals surface area (Å²) in [6.45, 7) is 6.50. The van der Waals surface area contributed by atoms with Gasteiger partial charge in [-0.3, -0.25) is 14.4 Å². The summed E-state index contributed by atoms with van der Waals surface area (Å²) in [5, 5.41) is 15.8. The van der Waals surface area contributed by atoms with Crippen LogP contribution in [0.4, 0.5) is 5.82 Å². The topological polar surface area (TPSA) is 133 Å². The van der Waals surface area contributed by atoms with Crippen LogP contribution in [0.2, 0.25) is 5.02 Å². The van der Waals surface area contributed by atoms with Crippen molar-refractivity contribution in [1.29, 1.82) is 0 Å². The molecule has 206 valence electrons. The van der Waals surface area contributed by atoms with E-state index in [1.807, 2.05) is 0 Å². The Bertz CT molecular complexity index is 1380. The number of β-amino-alcohol motifs (C(OH)–C–C–N with tert-alkyl or cyclic N) is 1. The second-order valence-corrected chi connectivity index (χ2v) is 10.8. The van der Waals surface area contributed by atoms with Crippen molar-refractivity contribution in [2.24, 2.45) is 0 Å². The summed E-state index contributed by atoms with van der Waals surface area (Å²) in [6.07, 6.45) is 2.58.